The Morgan fingerprint density at radius 3 is 2.67 bits per heavy atom. The van der Waals surface area contributed by atoms with E-state index in [1.165, 1.54) is 0 Å². The van der Waals surface area contributed by atoms with Crippen LogP contribution in [0, 0.1) is 5.92 Å². The molecule has 0 unspecified atom stereocenters. The van der Waals surface area contributed by atoms with Gasteiger partial charge in [-0.15, -0.1) is 0 Å². The number of phenolic OH excluding ortho intramolecular Hbond substituents is 1. The van der Waals surface area contributed by atoms with E-state index in [4.69, 9.17) is 4.74 Å². The summed E-state index contributed by atoms with van der Waals surface area (Å²) in [6.45, 7) is 5.55. The first-order valence-corrected chi connectivity index (χ1v) is 7.89. The van der Waals surface area contributed by atoms with Crippen LogP contribution in [0.2, 0.25) is 0 Å². The predicted molar refractivity (Wildman–Crippen MR) is 83.6 cm³/mol. The Kier molecular flexibility index (Phi) is 5.48. The number of aliphatic hydroxyl groups excluding tert-OH is 1. The number of hydrogen-bond donors (Lipinski definition) is 3. The van der Waals surface area contributed by atoms with Crippen molar-refractivity contribution in [3.63, 3.8) is 0 Å². The number of aliphatic hydroxyl groups is 1. The molecule has 1 aromatic rings. The first-order chi connectivity index (χ1) is 10.1. The molecule has 1 saturated carbocycles. The lowest BCUT2D eigenvalue weighted by Gasteiger charge is -2.39. The zero-order chi connectivity index (χ0) is 15.3. The van der Waals surface area contributed by atoms with Gasteiger partial charge < -0.3 is 20.3 Å². The molecule has 1 fully saturated rings. The summed E-state index contributed by atoms with van der Waals surface area (Å²) < 4.78 is 5.41. The van der Waals surface area contributed by atoms with Gasteiger partial charge in [-0.3, -0.25) is 0 Å². The van der Waals surface area contributed by atoms with Crippen LogP contribution in [0.1, 0.15) is 45.1 Å². The highest BCUT2D eigenvalue weighted by atomic mass is 16.5. The smallest absolute Gasteiger partial charge is 0.161 e. The van der Waals surface area contributed by atoms with Gasteiger partial charge in [0, 0.05) is 12.1 Å². The molecular weight excluding hydrogens is 266 g/mol. The summed E-state index contributed by atoms with van der Waals surface area (Å²) in [6.07, 6.45) is 4.35. The van der Waals surface area contributed by atoms with Crippen molar-refractivity contribution >= 4 is 0 Å². The van der Waals surface area contributed by atoms with Gasteiger partial charge in [0.2, 0.25) is 0 Å². The minimum atomic E-state index is -0.157. The van der Waals surface area contributed by atoms with Crippen molar-refractivity contribution in [3.05, 3.63) is 23.8 Å². The predicted octanol–water partition coefficient (Wildman–Crippen LogP) is 2.82. The molecule has 0 aromatic heterocycles. The number of rotatable bonds is 6. The third-order valence-electron chi connectivity index (χ3n) is 4.53. The van der Waals surface area contributed by atoms with Crippen LogP contribution in [-0.2, 0) is 6.54 Å². The number of ether oxygens (including phenoxy) is 1. The molecule has 0 aliphatic heterocycles. The van der Waals surface area contributed by atoms with E-state index in [-0.39, 0.29) is 17.9 Å². The fourth-order valence-corrected chi connectivity index (χ4v) is 2.93. The van der Waals surface area contributed by atoms with Crippen molar-refractivity contribution in [3.8, 4) is 11.5 Å². The highest BCUT2D eigenvalue weighted by Crippen LogP contribution is 2.32. The summed E-state index contributed by atoms with van der Waals surface area (Å²) in [4.78, 5) is 0. The topological polar surface area (TPSA) is 61.7 Å². The average Bonchev–Trinajstić information content (AvgIpc) is 2.50. The summed E-state index contributed by atoms with van der Waals surface area (Å²) in [6, 6.07) is 5.42. The Balaban J connectivity index is 1.99. The van der Waals surface area contributed by atoms with E-state index in [1.807, 2.05) is 19.1 Å². The van der Waals surface area contributed by atoms with Crippen LogP contribution < -0.4 is 10.1 Å². The standard InChI is InChI=1S/C17H27NO3/c1-3-21-16-10-14(4-5-15(16)20)11-18-17(12-19)8-6-13(2)7-9-17/h4-5,10,13,18-20H,3,6-9,11-12H2,1-2H3. The number of aromatic hydroxyl groups is 1. The van der Waals surface area contributed by atoms with Crippen molar-refractivity contribution < 1.29 is 14.9 Å². The highest BCUT2D eigenvalue weighted by Gasteiger charge is 2.32. The van der Waals surface area contributed by atoms with E-state index in [2.05, 4.69) is 12.2 Å². The molecule has 3 N–H and O–H groups in total. The fourth-order valence-electron chi connectivity index (χ4n) is 2.93. The molecule has 1 aliphatic carbocycles. The number of phenols is 1. The quantitative estimate of drug-likeness (QED) is 0.755. The zero-order valence-electron chi connectivity index (χ0n) is 13.1. The largest absolute Gasteiger partial charge is 0.504 e. The van der Waals surface area contributed by atoms with E-state index in [1.54, 1.807) is 6.07 Å². The van der Waals surface area contributed by atoms with Gasteiger partial charge in [-0.2, -0.15) is 0 Å². The maximum absolute atomic E-state index is 9.76. The Bertz CT molecular complexity index is 453. The summed E-state index contributed by atoms with van der Waals surface area (Å²) in [5.74, 6) is 1.45. The van der Waals surface area contributed by atoms with Crippen LogP contribution in [0.25, 0.3) is 0 Å². The van der Waals surface area contributed by atoms with E-state index >= 15 is 0 Å². The molecule has 4 nitrogen and oxygen atoms in total. The van der Waals surface area contributed by atoms with Gasteiger partial charge >= 0.3 is 0 Å². The molecule has 0 atom stereocenters. The van der Waals surface area contributed by atoms with Crippen LogP contribution in [0.4, 0.5) is 0 Å². The molecule has 21 heavy (non-hydrogen) atoms. The summed E-state index contributed by atoms with van der Waals surface area (Å²) in [5.41, 5.74) is 0.901. The molecule has 0 spiro atoms. The van der Waals surface area contributed by atoms with Crippen LogP contribution >= 0.6 is 0 Å². The Labute approximate surface area is 127 Å². The van der Waals surface area contributed by atoms with Crippen molar-refractivity contribution in [2.75, 3.05) is 13.2 Å². The van der Waals surface area contributed by atoms with Gasteiger partial charge in [-0.1, -0.05) is 13.0 Å². The van der Waals surface area contributed by atoms with Crippen LogP contribution in [0.5, 0.6) is 11.5 Å². The van der Waals surface area contributed by atoms with Crippen molar-refractivity contribution in [2.45, 2.75) is 51.6 Å². The van der Waals surface area contributed by atoms with E-state index in [9.17, 15) is 10.2 Å². The Morgan fingerprint density at radius 1 is 1.33 bits per heavy atom. The molecule has 0 heterocycles. The number of hydrogen-bond acceptors (Lipinski definition) is 4. The van der Waals surface area contributed by atoms with E-state index < -0.39 is 0 Å². The van der Waals surface area contributed by atoms with Gasteiger partial charge in [-0.05, 0) is 56.2 Å². The third kappa shape index (κ3) is 4.11. The second-order valence-electron chi connectivity index (χ2n) is 6.21. The van der Waals surface area contributed by atoms with Gasteiger partial charge in [-0.25, -0.2) is 0 Å². The summed E-state index contributed by atoms with van der Waals surface area (Å²) in [5, 5.41) is 23.0. The fraction of sp³-hybridized carbons (Fsp3) is 0.647. The Morgan fingerprint density at radius 2 is 2.05 bits per heavy atom. The molecule has 1 aromatic carbocycles. The SMILES string of the molecule is CCOc1cc(CNC2(CO)CCC(C)CC2)ccc1O. The van der Waals surface area contributed by atoms with Crippen molar-refractivity contribution in [1.29, 1.82) is 0 Å². The lowest BCUT2D eigenvalue weighted by atomic mass is 9.77. The zero-order valence-corrected chi connectivity index (χ0v) is 13.1. The molecule has 1 aliphatic rings. The second kappa shape index (κ2) is 7.14. The lowest BCUT2D eigenvalue weighted by Crippen LogP contribution is -2.50. The van der Waals surface area contributed by atoms with Crippen LogP contribution in [0.15, 0.2) is 18.2 Å². The number of nitrogens with one attached hydrogen (secondary N) is 1. The van der Waals surface area contributed by atoms with Gasteiger partial charge in [0.15, 0.2) is 11.5 Å². The molecule has 0 bridgehead atoms. The third-order valence-corrected chi connectivity index (χ3v) is 4.53. The maximum Gasteiger partial charge on any atom is 0.161 e. The van der Waals surface area contributed by atoms with Crippen molar-refractivity contribution in [1.82, 2.24) is 5.32 Å². The molecule has 118 valence electrons. The normalized spacial score (nSPS) is 25.8. The molecular formula is C17H27NO3. The summed E-state index contributed by atoms with van der Waals surface area (Å²) >= 11 is 0. The minimum absolute atomic E-state index is 0.157. The van der Waals surface area contributed by atoms with Gasteiger partial charge in [0.1, 0.15) is 0 Å². The van der Waals surface area contributed by atoms with Crippen molar-refractivity contribution in [2.24, 2.45) is 5.92 Å². The van der Waals surface area contributed by atoms with Crippen LogP contribution in [-0.4, -0.2) is 29.0 Å². The molecule has 2 rings (SSSR count). The van der Waals surface area contributed by atoms with Crippen LogP contribution in [0.3, 0.4) is 0 Å². The van der Waals surface area contributed by atoms with E-state index in [0.29, 0.717) is 18.9 Å². The average molecular weight is 293 g/mol. The molecule has 0 radical (unpaired) electrons. The molecule has 4 heteroatoms. The maximum atomic E-state index is 9.76. The first kappa shape index (κ1) is 16.1. The number of benzene rings is 1. The van der Waals surface area contributed by atoms with E-state index in [0.717, 1.165) is 37.2 Å². The highest BCUT2D eigenvalue weighted by molar-refractivity contribution is 5.41. The van der Waals surface area contributed by atoms with Gasteiger partial charge in [0.25, 0.3) is 0 Å². The second-order valence-corrected chi connectivity index (χ2v) is 6.21. The van der Waals surface area contributed by atoms with Gasteiger partial charge in [0.05, 0.1) is 13.2 Å². The molecule has 0 saturated heterocycles. The first-order valence-electron chi connectivity index (χ1n) is 7.89. The summed E-state index contributed by atoms with van der Waals surface area (Å²) in [7, 11) is 0. The lowest BCUT2D eigenvalue weighted by molar-refractivity contribution is 0.104. The minimum Gasteiger partial charge on any atom is -0.504 e. The Hall–Kier alpha value is -1.26. The molecule has 0 amide bonds. The monoisotopic (exact) mass is 293 g/mol.